The molecule has 1 saturated heterocycles. The molecule has 0 aliphatic carbocycles. The number of nitrogens with one attached hydrogen (secondary N) is 1. The molecular formula is C16H30N4. The van der Waals surface area contributed by atoms with Gasteiger partial charge in [-0.3, -0.25) is 0 Å². The van der Waals surface area contributed by atoms with Crippen LogP contribution in [0.15, 0.2) is 6.20 Å². The summed E-state index contributed by atoms with van der Waals surface area (Å²) in [5.41, 5.74) is 1.11. The van der Waals surface area contributed by atoms with Crippen molar-refractivity contribution in [3.8, 4) is 0 Å². The van der Waals surface area contributed by atoms with Crippen molar-refractivity contribution in [1.82, 2.24) is 14.5 Å². The molecular weight excluding hydrogens is 248 g/mol. The van der Waals surface area contributed by atoms with Crippen LogP contribution in [0.3, 0.4) is 0 Å². The number of rotatable bonds is 6. The molecule has 0 radical (unpaired) electrons. The summed E-state index contributed by atoms with van der Waals surface area (Å²) >= 11 is 0. The van der Waals surface area contributed by atoms with Crippen LogP contribution in [0, 0.1) is 18.8 Å². The van der Waals surface area contributed by atoms with Crippen molar-refractivity contribution < 1.29 is 0 Å². The molecule has 1 N–H and O–H groups in total. The van der Waals surface area contributed by atoms with Crippen molar-refractivity contribution in [2.75, 3.05) is 31.5 Å². The van der Waals surface area contributed by atoms with Crippen molar-refractivity contribution in [2.45, 2.75) is 47.1 Å². The summed E-state index contributed by atoms with van der Waals surface area (Å²) in [4.78, 5) is 7.17. The lowest BCUT2D eigenvalue weighted by Crippen LogP contribution is -2.34. The molecule has 1 aromatic heterocycles. The molecule has 20 heavy (non-hydrogen) atoms. The van der Waals surface area contributed by atoms with Crippen LogP contribution in [-0.4, -0.2) is 40.6 Å². The highest BCUT2D eigenvalue weighted by molar-refractivity contribution is 5.28. The Bertz CT molecular complexity index is 403. The molecule has 1 aromatic rings. The van der Waals surface area contributed by atoms with Crippen LogP contribution in [0.2, 0.25) is 0 Å². The van der Waals surface area contributed by atoms with Gasteiger partial charge in [-0.25, -0.2) is 4.98 Å². The molecule has 1 aliphatic heterocycles. The molecule has 0 unspecified atom stereocenters. The Morgan fingerprint density at radius 1 is 1.35 bits per heavy atom. The summed E-state index contributed by atoms with van der Waals surface area (Å²) in [6.07, 6.45) is 4.82. The maximum atomic E-state index is 4.62. The van der Waals surface area contributed by atoms with Gasteiger partial charge in [0.15, 0.2) is 0 Å². The first-order chi connectivity index (χ1) is 9.58. The number of nitrogens with zero attached hydrogens (tertiary/aromatic N) is 3. The minimum absolute atomic E-state index is 0.647. The Morgan fingerprint density at radius 2 is 2.05 bits per heavy atom. The van der Waals surface area contributed by atoms with Crippen molar-refractivity contribution >= 4 is 5.95 Å². The third kappa shape index (κ3) is 4.23. The summed E-state index contributed by atoms with van der Waals surface area (Å²) in [6, 6.07) is 0. The van der Waals surface area contributed by atoms with Crippen LogP contribution in [0.5, 0.6) is 0 Å². The molecule has 0 aromatic carbocycles. The highest BCUT2D eigenvalue weighted by Crippen LogP contribution is 2.21. The molecule has 4 nitrogen and oxygen atoms in total. The fourth-order valence-corrected chi connectivity index (χ4v) is 2.89. The molecule has 1 aliphatic rings. The van der Waals surface area contributed by atoms with Gasteiger partial charge in [-0.05, 0) is 51.2 Å². The Kier molecular flexibility index (Phi) is 5.46. The van der Waals surface area contributed by atoms with Crippen molar-refractivity contribution in [1.29, 1.82) is 0 Å². The Labute approximate surface area is 123 Å². The van der Waals surface area contributed by atoms with Crippen molar-refractivity contribution in [3.05, 3.63) is 11.9 Å². The number of hydrogen-bond acceptors (Lipinski definition) is 3. The summed E-state index contributed by atoms with van der Waals surface area (Å²) in [6.45, 7) is 14.6. The van der Waals surface area contributed by atoms with Crippen LogP contribution >= 0.6 is 0 Å². The zero-order chi connectivity index (χ0) is 14.5. The summed E-state index contributed by atoms with van der Waals surface area (Å²) in [5, 5.41) is 3.48. The van der Waals surface area contributed by atoms with Crippen LogP contribution in [0.1, 0.15) is 39.3 Å². The molecule has 1 fully saturated rings. The van der Waals surface area contributed by atoms with E-state index in [1.54, 1.807) is 0 Å². The summed E-state index contributed by atoms with van der Waals surface area (Å²) in [7, 11) is 0. The van der Waals surface area contributed by atoms with Crippen LogP contribution < -0.4 is 5.32 Å². The normalized spacial score (nSPS) is 17.9. The number of imidazole rings is 1. The van der Waals surface area contributed by atoms with Gasteiger partial charge in [0.2, 0.25) is 5.95 Å². The number of aromatic nitrogens is 2. The smallest absolute Gasteiger partial charge is 0.203 e. The molecule has 2 rings (SSSR count). The Morgan fingerprint density at radius 3 is 2.65 bits per heavy atom. The van der Waals surface area contributed by atoms with E-state index in [0.29, 0.717) is 5.92 Å². The van der Waals surface area contributed by atoms with Crippen molar-refractivity contribution in [3.63, 3.8) is 0 Å². The van der Waals surface area contributed by atoms with E-state index < -0.39 is 0 Å². The molecule has 0 bridgehead atoms. The maximum Gasteiger partial charge on any atom is 0.203 e. The Hall–Kier alpha value is -1.03. The summed E-state index contributed by atoms with van der Waals surface area (Å²) < 4.78 is 2.32. The van der Waals surface area contributed by atoms with E-state index in [2.05, 4.69) is 53.7 Å². The molecule has 2 heterocycles. The number of hydrogen-bond donors (Lipinski definition) is 1. The quantitative estimate of drug-likeness (QED) is 0.868. The number of anilines is 1. The fourth-order valence-electron chi connectivity index (χ4n) is 2.89. The minimum atomic E-state index is 0.647. The lowest BCUT2D eigenvalue weighted by atomic mass is 9.97. The second-order valence-corrected chi connectivity index (χ2v) is 6.51. The minimum Gasteiger partial charge on any atom is -0.355 e. The van der Waals surface area contributed by atoms with E-state index in [0.717, 1.165) is 30.6 Å². The van der Waals surface area contributed by atoms with Crippen molar-refractivity contribution in [2.24, 2.45) is 11.8 Å². The second-order valence-electron chi connectivity index (χ2n) is 6.51. The fraction of sp³-hybridized carbons (Fsp3) is 0.812. The van der Waals surface area contributed by atoms with Gasteiger partial charge >= 0.3 is 0 Å². The van der Waals surface area contributed by atoms with Gasteiger partial charge in [0.25, 0.3) is 0 Å². The van der Waals surface area contributed by atoms with Crippen LogP contribution in [-0.2, 0) is 6.54 Å². The highest BCUT2D eigenvalue weighted by Gasteiger charge is 2.19. The molecule has 0 amide bonds. The summed E-state index contributed by atoms with van der Waals surface area (Å²) in [5.74, 6) is 2.49. The van der Waals surface area contributed by atoms with Gasteiger partial charge in [0, 0.05) is 19.3 Å². The molecule has 0 saturated carbocycles. The van der Waals surface area contributed by atoms with E-state index in [9.17, 15) is 0 Å². The number of likely N-dealkylation sites (tertiary alicyclic amines) is 1. The van der Waals surface area contributed by atoms with E-state index in [-0.39, 0.29) is 0 Å². The lowest BCUT2D eigenvalue weighted by Gasteiger charge is -2.31. The SMILES string of the molecule is CCN1CCC(Cn2cc(C)nc2NCC(C)C)CC1. The molecule has 114 valence electrons. The third-order valence-electron chi connectivity index (χ3n) is 4.17. The van der Waals surface area contributed by atoms with E-state index in [4.69, 9.17) is 0 Å². The average Bonchev–Trinajstić information content (AvgIpc) is 2.77. The van der Waals surface area contributed by atoms with E-state index in [1.165, 1.54) is 32.5 Å². The molecule has 0 spiro atoms. The number of aryl methyl sites for hydroxylation is 1. The average molecular weight is 278 g/mol. The monoisotopic (exact) mass is 278 g/mol. The topological polar surface area (TPSA) is 33.1 Å². The second kappa shape index (κ2) is 7.11. The maximum absolute atomic E-state index is 4.62. The number of piperidine rings is 1. The third-order valence-corrected chi connectivity index (χ3v) is 4.17. The van der Waals surface area contributed by atoms with Gasteiger partial charge < -0.3 is 14.8 Å². The molecule has 4 heteroatoms. The van der Waals surface area contributed by atoms with Gasteiger partial charge in [0.1, 0.15) is 0 Å². The van der Waals surface area contributed by atoms with Crippen LogP contribution in [0.25, 0.3) is 0 Å². The van der Waals surface area contributed by atoms with Gasteiger partial charge in [-0.15, -0.1) is 0 Å². The first-order valence-electron chi connectivity index (χ1n) is 8.08. The van der Waals surface area contributed by atoms with E-state index in [1.807, 2.05) is 0 Å². The van der Waals surface area contributed by atoms with Crippen LogP contribution in [0.4, 0.5) is 5.95 Å². The zero-order valence-electron chi connectivity index (χ0n) is 13.5. The standard InChI is InChI=1S/C16H30N4/c1-5-19-8-6-15(7-9-19)12-20-11-14(4)18-16(20)17-10-13(2)3/h11,13,15H,5-10,12H2,1-4H3,(H,17,18). The molecule has 0 atom stereocenters. The first kappa shape index (κ1) is 15.4. The Balaban J connectivity index is 1.92. The van der Waals surface area contributed by atoms with Gasteiger partial charge in [-0.1, -0.05) is 20.8 Å². The van der Waals surface area contributed by atoms with Gasteiger partial charge in [-0.2, -0.15) is 0 Å². The van der Waals surface area contributed by atoms with E-state index >= 15 is 0 Å². The lowest BCUT2D eigenvalue weighted by molar-refractivity contribution is 0.181. The first-order valence-corrected chi connectivity index (χ1v) is 8.08. The van der Waals surface area contributed by atoms with Gasteiger partial charge in [0.05, 0.1) is 5.69 Å². The highest BCUT2D eigenvalue weighted by atomic mass is 15.2. The predicted octanol–water partition coefficient (Wildman–Crippen LogP) is 2.99. The zero-order valence-corrected chi connectivity index (χ0v) is 13.5. The predicted molar refractivity (Wildman–Crippen MR) is 85.1 cm³/mol. The largest absolute Gasteiger partial charge is 0.355 e.